The van der Waals surface area contributed by atoms with Gasteiger partial charge in [-0.25, -0.2) is 4.98 Å². The second kappa shape index (κ2) is 4.55. The van der Waals surface area contributed by atoms with Crippen LogP contribution in [0.2, 0.25) is 5.02 Å². The first-order valence-electron chi connectivity index (χ1n) is 6.37. The van der Waals surface area contributed by atoms with Crippen LogP contribution in [-0.4, -0.2) is 47.1 Å². The Labute approximate surface area is 111 Å². The van der Waals surface area contributed by atoms with Crippen molar-refractivity contribution in [1.29, 1.82) is 0 Å². The molecule has 2 atom stereocenters. The van der Waals surface area contributed by atoms with E-state index in [1.165, 1.54) is 19.2 Å². The lowest BCUT2D eigenvalue weighted by molar-refractivity contribution is 0.254. The fourth-order valence-electron chi connectivity index (χ4n) is 3.10. The summed E-state index contributed by atoms with van der Waals surface area (Å²) < 4.78 is 0. The molecule has 18 heavy (non-hydrogen) atoms. The van der Waals surface area contributed by atoms with Crippen LogP contribution in [-0.2, 0) is 0 Å². The largest absolute Gasteiger partial charge is 0.354 e. The Morgan fingerprint density at radius 3 is 3.00 bits per heavy atom. The molecule has 98 valence electrons. The second-order valence-corrected chi connectivity index (χ2v) is 5.53. The van der Waals surface area contributed by atoms with Crippen LogP contribution in [0.1, 0.15) is 19.3 Å². The average Bonchev–Trinajstić information content (AvgIpc) is 2.58. The maximum absolute atomic E-state index is 11.5. The van der Waals surface area contributed by atoms with Gasteiger partial charge in [0.25, 0.3) is 5.56 Å². The van der Waals surface area contributed by atoms with E-state index in [1.807, 2.05) is 0 Å². The van der Waals surface area contributed by atoms with E-state index in [1.54, 1.807) is 0 Å². The van der Waals surface area contributed by atoms with Crippen LogP contribution in [0.4, 0.5) is 5.82 Å². The van der Waals surface area contributed by atoms with Crippen molar-refractivity contribution in [2.24, 2.45) is 0 Å². The summed E-state index contributed by atoms with van der Waals surface area (Å²) in [5.41, 5.74) is -0.260. The van der Waals surface area contributed by atoms with E-state index in [0.717, 1.165) is 19.5 Å². The summed E-state index contributed by atoms with van der Waals surface area (Å²) in [5, 5.41) is 0.206. The van der Waals surface area contributed by atoms with Crippen LogP contribution >= 0.6 is 11.6 Å². The summed E-state index contributed by atoms with van der Waals surface area (Å²) in [4.78, 5) is 22.9. The van der Waals surface area contributed by atoms with Crippen LogP contribution < -0.4 is 10.5 Å². The van der Waals surface area contributed by atoms with Gasteiger partial charge in [-0.15, -0.1) is 0 Å². The minimum absolute atomic E-state index is 0.206. The summed E-state index contributed by atoms with van der Waals surface area (Å²) in [7, 11) is 2.19. The molecule has 2 unspecified atom stereocenters. The van der Waals surface area contributed by atoms with Gasteiger partial charge in [0.1, 0.15) is 5.02 Å². The molecule has 0 aliphatic carbocycles. The van der Waals surface area contributed by atoms with Crippen molar-refractivity contribution in [3.05, 3.63) is 21.7 Å². The average molecular weight is 269 g/mol. The molecule has 3 heterocycles. The topological polar surface area (TPSA) is 52.2 Å². The summed E-state index contributed by atoms with van der Waals surface area (Å²) in [6.07, 6.45) is 5.04. The first-order valence-corrected chi connectivity index (χ1v) is 6.74. The zero-order valence-corrected chi connectivity index (χ0v) is 11.2. The number of aromatic amines is 1. The molecule has 2 saturated heterocycles. The molecular formula is C12H17ClN4O. The Morgan fingerprint density at radius 1 is 1.39 bits per heavy atom. The van der Waals surface area contributed by atoms with Crippen molar-refractivity contribution >= 4 is 17.4 Å². The molecule has 0 spiro atoms. The highest BCUT2D eigenvalue weighted by Gasteiger charge is 2.35. The number of halogens is 1. The fourth-order valence-corrected chi connectivity index (χ4v) is 3.32. The number of anilines is 1. The van der Waals surface area contributed by atoms with Crippen molar-refractivity contribution < 1.29 is 0 Å². The number of aromatic nitrogens is 2. The third-order valence-corrected chi connectivity index (χ3v) is 4.57. The number of likely N-dealkylation sites (N-methyl/N-ethyl adjacent to an activating group) is 1. The van der Waals surface area contributed by atoms with E-state index in [0.29, 0.717) is 17.9 Å². The molecule has 0 radical (unpaired) electrons. The highest BCUT2D eigenvalue weighted by atomic mass is 35.5. The minimum Gasteiger partial charge on any atom is -0.354 e. The van der Waals surface area contributed by atoms with Gasteiger partial charge in [-0.3, -0.25) is 9.69 Å². The van der Waals surface area contributed by atoms with Crippen LogP contribution in [0, 0.1) is 0 Å². The lowest BCUT2D eigenvalue weighted by Gasteiger charge is -2.26. The van der Waals surface area contributed by atoms with Gasteiger partial charge >= 0.3 is 0 Å². The van der Waals surface area contributed by atoms with Gasteiger partial charge in [0.15, 0.2) is 5.82 Å². The number of fused-ring (bicyclic) bond motifs is 2. The molecule has 1 N–H and O–H groups in total. The highest BCUT2D eigenvalue weighted by molar-refractivity contribution is 6.32. The highest BCUT2D eigenvalue weighted by Crippen LogP contribution is 2.31. The number of hydrogen-bond donors (Lipinski definition) is 1. The molecule has 5 nitrogen and oxygen atoms in total. The van der Waals surface area contributed by atoms with Gasteiger partial charge in [0.05, 0.1) is 6.33 Å². The van der Waals surface area contributed by atoms with E-state index in [4.69, 9.17) is 11.6 Å². The van der Waals surface area contributed by atoms with E-state index in [-0.39, 0.29) is 10.6 Å². The van der Waals surface area contributed by atoms with E-state index in [2.05, 4.69) is 26.8 Å². The van der Waals surface area contributed by atoms with Crippen LogP contribution in [0.15, 0.2) is 11.1 Å². The summed E-state index contributed by atoms with van der Waals surface area (Å²) in [5.74, 6) is 0.626. The Hall–Kier alpha value is -1.07. The smallest absolute Gasteiger partial charge is 0.271 e. The Kier molecular flexibility index (Phi) is 3.03. The maximum atomic E-state index is 11.5. The Balaban J connectivity index is 1.89. The number of hydrogen-bond acceptors (Lipinski definition) is 4. The van der Waals surface area contributed by atoms with Crippen molar-refractivity contribution in [2.45, 2.75) is 31.3 Å². The number of nitrogens with zero attached hydrogens (tertiary/aromatic N) is 3. The van der Waals surface area contributed by atoms with Crippen molar-refractivity contribution in [1.82, 2.24) is 14.9 Å². The fraction of sp³-hybridized carbons (Fsp3) is 0.667. The Bertz CT molecular complexity index is 503. The molecule has 2 aliphatic heterocycles. The molecule has 0 aromatic carbocycles. The Morgan fingerprint density at radius 2 is 2.17 bits per heavy atom. The van der Waals surface area contributed by atoms with Crippen molar-refractivity contribution in [2.75, 3.05) is 25.0 Å². The third-order valence-electron chi connectivity index (χ3n) is 4.23. The predicted octanol–water partition coefficient (Wildman–Crippen LogP) is 1.10. The van der Waals surface area contributed by atoms with Crippen LogP contribution in [0.25, 0.3) is 0 Å². The molecule has 1 aromatic rings. The van der Waals surface area contributed by atoms with Gasteiger partial charge in [0, 0.05) is 25.2 Å². The van der Waals surface area contributed by atoms with Crippen LogP contribution in [0.3, 0.4) is 0 Å². The molecule has 1 aromatic heterocycles. The third kappa shape index (κ3) is 1.91. The molecule has 0 saturated carbocycles. The zero-order chi connectivity index (χ0) is 12.7. The number of nitrogens with one attached hydrogen (secondary N) is 1. The van der Waals surface area contributed by atoms with Crippen molar-refractivity contribution in [3.63, 3.8) is 0 Å². The second-order valence-electron chi connectivity index (χ2n) is 5.15. The van der Waals surface area contributed by atoms with Gasteiger partial charge in [-0.2, -0.15) is 0 Å². The SMILES string of the molecule is CN1C2CCC1CN(c1nc[nH]c(=O)c1Cl)CC2. The standard InChI is InChI=1S/C12H17ClN4O/c1-16-8-2-3-9(16)6-17(5-4-8)11-10(13)12(18)15-7-14-11/h7-9H,2-6H2,1H3,(H,14,15,18). The summed E-state index contributed by atoms with van der Waals surface area (Å²) in [6, 6.07) is 1.22. The number of H-pyrrole nitrogens is 1. The lowest BCUT2D eigenvalue weighted by Crippen LogP contribution is -2.37. The van der Waals surface area contributed by atoms with Gasteiger partial charge < -0.3 is 9.88 Å². The quantitative estimate of drug-likeness (QED) is 0.829. The van der Waals surface area contributed by atoms with Gasteiger partial charge in [0.2, 0.25) is 0 Å². The zero-order valence-electron chi connectivity index (χ0n) is 10.4. The summed E-state index contributed by atoms with van der Waals surface area (Å²) >= 11 is 6.06. The van der Waals surface area contributed by atoms with Gasteiger partial charge in [-0.1, -0.05) is 11.6 Å². The van der Waals surface area contributed by atoms with E-state index in [9.17, 15) is 4.79 Å². The van der Waals surface area contributed by atoms with Gasteiger partial charge in [-0.05, 0) is 26.3 Å². The predicted molar refractivity (Wildman–Crippen MR) is 71.3 cm³/mol. The van der Waals surface area contributed by atoms with Crippen LogP contribution in [0.5, 0.6) is 0 Å². The van der Waals surface area contributed by atoms with Crippen molar-refractivity contribution in [3.8, 4) is 0 Å². The molecule has 2 bridgehead atoms. The first kappa shape index (κ1) is 12.0. The first-order chi connectivity index (χ1) is 8.66. The molecule has 0 amide bonds. The monoisotopic (exact) mass is 268 g/mol. The van der Waals surface area contributed by atoms with E-state index >= 15 is 0 Å². The molecule has 2 aliphatic rings. The summed E-state index contributed by atoms with van der Waals surface area (Å²) in [6.45, 7) is 1.82. The molecule has 3 rings (SSSR count). The molecule has 6 heteroatoms. The minimum atomic E-state index is -0.260. The normalized spacial score (nSPS) is 28.4. The molecular weight excluding hydrogens is 252 g/mol. The number of rotatable bonds is 1. The van der Waals surface area contributed by atoms with E-state index < -0.39 is 0 Å². The maximum Gasteiger partial charge on any atom is 0.271 e. The molecule has 2 fully saturated rings. The lowest BCUT2D eigenvalue weighted by atomic mass is 10.1.